The second-order valence-electron chi connectivity index (χ2n) is 5.70. The van der Waals surface area contributed by atoms with Gasteiger partial charge in [-0.05, 0) is 0 Å². The molecule has 1 aromatic rings. The molecule has 1 rings (SSSR count). The van der Waals surface area contributed by atoms with Gasteiger partial charge >= 0.3 is 138 Å². The van der Waals surface area contributed by atoms with Gasteiger partial charge < -0.3 is 0 Å². The Morgan fingerprint density at radius 2 is 1.35 bits per heavy atom. The molecule has 111 valence electrons. The van der Waals surface area contributed by atoms with Crippen molar-refractivity contribution in [1.29, 1.82) is 0 Å². The molecule has 1 N–H and O–H groups in total. The van der Waals surface area contributed by atoms with Crippen LogP contribution in [0.4, 0.5) is 0 Å². The van der Waals surface area contributed by atoms with Crippen molar-refractivity contribution in [2.45, 2.75) is 78.6 Å². The van der Waals surface area contributed by atoms with Crippen LogP contribution in [0.5, 0.6) is 5.75 Å². The second-order valence-corrected chi connectivity index (χ2v) is 7.12. The summed E-state index contributed by atoms with van der Waals surface area (Å²) in [6.45, 7) is 6.74. The van der Waals surface area contributed by atoms with Gasteiger partial charge in [0.15, 0.2) is 0 Å². The molecule has 0 unspecified atom stereocenters. The number of aryl methyl sites for hydroxylation is 1. The molecule has 20 heavy (non-hydrogen) atoms. The summed E-state index contributed by atoms with van der Waals surface area (Å²) in [5.74, 6) is 0.542. The summed E-state index contributed by atoms with van der Waals surface area (Å²) in [5.41, 5.74) is 4.46. The zero-order valence-electron chi connectivity index (χ0n) is 13.4. The van der Waals surface area contributed by atoms with Gasteiger partial charge in [0.05, 0.1) is 0 Å². The molecule has 0 atom stereocenters. The van der Waals surface area contributed by atoms with E-state index in [2.05, 4.69) is 26.8 Å². The maximum absolute atomic E-state index is 10.3. The van der Waals surface area contributed by atoms with E-state index in [1.54, 1.807) is 5.56 Å². The van der Waals surface area contributed by atoms with Crippen LogP contribution in [0.25, 0.3) is 0 Å². The predicted octanol–water partition coefficient (Wildman–Crippen LogP) is 4.21. The van der Waals surface area contributed by atoms with Crippen LogP contribution >= 0.6 is 0 Å². The third-order valence-corrected chi connectivity index (χ3v) is 5.57. The quantitative estimate of drug-likeness (QED) is 0.637. The van der Waals surface area contributed by atoms with Crippen molar-refractivity contribution >= 4 is 26.1 Å². The van der Waals surface area contributed by atoms with Gasteiger partial charge in [0.1, 0.15) is 0 Å². The standard InChI is InChI=1S/C18H29O.Sn/c1-4-7-10-15-13-17(19)14-16(11-8-5-2)18(15)12-9-6-3;/h13,19H,4-12H2,1-3H3;. The Morgan fingerprint density at radius 3 is 1.90 bits per heavy atom. The molecule has 0 aliphatic heterocycles. The average Bonchev–Trinajstić information content (AvgIpc) is 2.45. The molecule has 1 aromatic carbocycles. The Kier molecular flexibility index (Phi) is 8.67. The van der Waals surface area contributed by atoms with Gasteiger partial charge in [0, 0.05) is 0 Å². The van der Waals surface area contributed by atoms with E-state index in [4.69, 9.17) is 0 Å². The average molecular weight is 380 g/mol. The first-order chi connectivity index (χ1) is 9.65. The summed E-state index contributed by atoms with van der Waals surface area (Å²) < 4.78 is 1.21. The van der Waals surface area contributed by atoms with Gasteiger partial charge in [-0.15, -0.1) is 0 Å². The fourth-order valence-electron chi connectivity index (χ4n) is 2.71. The number of unbranched alkanes of at least 4 members (excludes halogenated alkanes) is 3. The Morgan fingerprint density at radius 1 is 0.850 bits per heavy atom. The van der Waals surface area contributed by atoms with Crippen LogP contribution in [0.2, 0.25) is 0 Å². The molecule has 2 heteroatoms. The van der Waals surface area contributed by atoms with Crippen molar-refractivity contribution in [1.82, 2.24) is 0 Å². The number of benzene rings is 1. The Balaban J connectivity index is 3.15. The fraction of sp³-hybridized carbons (Fsp3) is 0.667. The van der Waals surface area contributed by atoms with Gasteiger partial charge in [-0.25, -0.2) is 0 Å². The van der Waals surface area contributed by atoms with E-state index in [0.717, 1.165) is 12.8 Å². The number of hydrogen-bond donors (Lipinski definition) is 1. The monoisotopic (exact) mass is 381 g/mol. The molecule has 0 aliphatic rings. The van der Waals surface area contributed by atoms with Crippen LogP contribution in [-0.4, -0.2) is 27.6 Å². The molecular formula is C18H29OSn. The van der Waals surface area contributed by atoms with Crippen LogP contribution in [0, 0.1) is 0 Å². The van der Waals surface area contributed by atoms with E-state index >= 15 is 0 Å². The van der Waals surface area contributed by atoms with Crippen molar-refractivity contribution < 1.29 is 5.11 Å². The fourth-order valence-corrected chi connectivity index (χ4v) is 3.70. The third kappa shape index (κ3) is 4.98. The van der Waals surface area contributed by atoms with Gasteiger partial charge in [-0.2, -0.15) is 0 Å². The Bertz CT molecular complexity index is 412. The summed E-state index contributed by atoms with van der Waals surface area (Å²) in [7, 11) is 0. The molecule has 0 saturated heterocycles. The summed E-state index contributed by atoms with van der Waals surface area (Å²) in [5, 5.41) is 10.3. The van der Waals surface area contributed by atoms with E-state index in [1.165, 1.54) is 82.2 Å². The first kappa shape index (κ1) is 17.9. The first-order valence-electron chi connectivity index (χ1n) is 8.23. The predicted molar refractivity (Wildman–Crippen MR) is 89.3 cm³/mol. The van der Waals surface area contributed by atoms with Gasteiger partial charge in [-0.3, -0.25) is 0 Å². The van der Waals surface area contributed by atoms with Crippen LogP contribution in [0.3, 0.4) is 0 Å². The van der Waals surface area contributed by atoms with Crippen molar-refractivity contribution in [3.8, 4) is 5.75 Å². The van der Waals surface area contributed by atoms with E-state index in [0.29, 0.717) is 5.75 Å². The second kappa shape index (κ2) is 9.70. The normalized spacial score (nSPS) is 11.0. The van der Waals surface area contributed by atoms with Crippen molar-refractivity contribution in [3.63, 3.8) is 0 Å². The Hall–Kier alpha value is -0.181. The number of hydrogen-bond acceptors (Lipinski definition) is 1. The van der Waals surface area contributed by atoms with E-state index in [9.17, 15) is 5.11 Å². The molecule has 0 amide bonds. The molecule has 3 radical (unpaired) electrons. The first-order valence-corrected chi connectivity index (χ1v) is 9.66. The zero-order chi connectivity index (χ0) is 15.0. The summed E-state index contributed by atoms with van der Waals surface area (Å²) in [6.07, 6.45) is 10.9. The number of phenolic OH excluding ortho intramolecular Hbond substituents is 1. The van der Waals surface area contributed by atoms with Gasteiger partial charge in [0.25, 0.3) is 0 Å². The minimum absolute atomic E-state index is 0.542. The number of phenols is 1. The molecule has 0 saturated carbocycles. The van der Waals surface area contributed by atoms with Crippen molar-refractivity contribution in [3.05, 3.63) is 22.8 Å². The summed E-state index contributed by atoms with van der Waals surface area (Å²) >= 11 is 1.35. The van der Waals surface area contributed by atoms with Crippen LogP contribution in [0.1, 0.15) is 76.0 Å². The summed E-state index contributed by atoms with van der Waals surface area (Å²) in [6, 6.07) is 2.06. The molecule has 0 spiro atoms. The SMILES string of the molecule is CCCCc1cc(O)[c]([Sn])c(CCCC)c1CCCC. The van der Waals surface area contributed by atoms with Crippen molar-refractivity contribution in [2.75, 3.05) is 0 Å². The van der Waals surface area contributed by atoms with E-state index in [-0.39, 0.29) is 0 Å². The third-order valence-electron chi connectivity index (χ3n) is 3.98. The van der Waals surface area contributed by atoms with Crippen LogP contribution in [0.15, 0.2) is 6.07 Å². The van der Waals surface area contributed by atoms with Crippen LogP contribution in [-0.2, 0) is 19.3 Å². The van der Waals surface area contributed by atoms with Gasteiger partial charge in [0.2, 0.25) is 0 Å². The summed E-state index contributed by atoms with van der Waals surface area (Å²) in [4.78, 5) is 0. The number of aromatic hydroxyl groups is 1. The molecule has 0 fully saturated rings. The number of rotatable bonds is 9. The van der Waals surface area contributed by atoms with Gasteiger partial charge in [-0.1, -0.05) is 0 Å². The Labute approximate surface area is 138 Å². The minimum atomic E-state index is 0.542. The van der Waals surface area contributed by atoms with E-state index in [1.807, 2.05) is 0 Å². The van der Waals surface area contributed by atoms with Crippen LogP contribution < -0.4 is 3.58 Å². The molecule has 0 aromatic heterocycles. The maximum atomic E-state index is 10.3. The molecule has 0 heterocycles. The molecule has 1 nitrogen and oxygen atoms in total. The topological polar surface area (TPSA) is 20.2 Å². The zero-order valence-corrected chi connectivity index (χ0v) is 16.2. The molecule has 0 aliphatic carbocycles. The molecule has 0 bridgehead atoms. The molecular weight excluding hydrogens is 351 g/mol. The van der Waals surface area contributed by atoms with Crippen molar-refractivity contribution in [2.24, 2.45) is 0 Å². The van der Waals surface area contributed by atoms with E-state index < -0.39 is 0 Å².